The molecule has 2 rings (SSSR count). The maximum absolute atomic E-state index is 8.88. The summed E-state index contributed by atoms with van der Waals surface area (Å²) in [4.78, 5) is 0. The smallest absolute Gasteiger partial charge is 0.168 e. The number of ether oxygens (including phenoxy) is 1. The van der Waals surface area contributed by atoms with Gasteiger partial charge in [-0.1, -0.05) is 36.4 Å². The summed E-state index contributed by atoms with van der Waals surface area (Å²) in [6, 6.07) is 16.1. The van der Waals surface area contributed by atoms with Crippen LogP contribution in [0.5, 0.6) is 0 Å². The molecule has 0 aliphatic carbocycles. The molecule has 0 spiro atoms. The van der Waals surface area contributed by atoms with E-state index in [1.54, 1.807) is 7.11 Å². The summed E-state index contributed by atoms with van der Waals surface area (Å²) in [7, 11) is 1.54. The number of nitriles is 1. The van der Waals surface area contributed by atoms with Crippen LogP contribution in [0.4, 0.5) is 0 Å². The van der Waals surface area contributed by atoms with Gasteiger partial charge in [0, 0.05) is 7.11 Å². The van der Waals surface area contributed by atoms with E-state index in [0.29, 0.717) is 0 Å². The van der Waals surface area contributed by atoms with E-state index in [0.717, 1.165) is 10.9 Å². The molecule has 1 unspecified atom stereocenters. The topological polar surface area (TPSA) is 33.0 Å². The molecule has 0 aliphatic heterocycles. The van der Waals surface area contributed by atoms with Crippen LogP contribution in [0.3, 0.4) is 0 Å². The first-order valence-electron chi connectivity index (χ1n) is 4.76. The molecular formula is C13H11NO. The SMILES string of the molecule is COC(C#N)c1ccc2ccccc2c1. The van der Waals surface area contributed by atoms with Gasteiger partial charge in [-0.2, -0.15) is 5.26 Å². The molecule has 2 aromatic carbocycles. The lowest BCUT2D eigenvalue weighted by atomic mass is 10.0. The number of hydrogen-bond acceptors (Lipinski definition) is 2. The molecule has 2 aromatic rings. The summed E-state index contributed by atoms with van der Waals surface area (Å²) >= 11 is 0. The molecule has 74 valence electrons. The van der Waals surface area contributed by atoms with Gasteiger partial charge >= 0.3 is 0 Å². The Morgan fingerprint density at radius 3 is 2.53 bits per heavy atom. The Bertz CT molecular complexity index is 513. The van der Waals surface area contributed by atoms with Crippen molar-refractivity contribution >= 4 is 10.8 Å². The minimum absolute atomic E-state index is 0.477. The van der Waals surface area contributed by atoms with Crippen molar-refractivity contribution in [3.05, 3.63) is 48.0 Å². The Hall–Kier alpha value is -1.85. The van der Waals surface area contributed by atoms with Gasteiger partial charge in [-0.15, -0.1) is 0 Å². The summed E-state index contributed by atoms with van der Waals surface area (Å²) in [6.45, 7) is 0. The summed E-state index contributed by atoms with van der Waals surface area (Å²) in [5, 5.41) is 11.2. The number of hydrogen-bond donors (Lipinski definition) is 0. The van der Waals surface area contributed by atoms with Crippen LogP contribution in [-0.4, -0.2) is 7.11 Å². The van der Waals surface area contributed by atoms with Gasteiger partial charge in [0.05, 0.1) is 6.07 Å². The van der Waals surface area contributed by atoms with Gasteiger partial charge < -0.3 is 4.74 Å². The zero-order valence-electron chi connectivity index (χ0n) is 8.47. The lowest BCUT2D eigenvalue weighted by Crippen LogP contribution is -1.97. The minimum Gasteiger partial charge on any atom is -0.362 e. The van der Waals surface area contributed by atoms with Gasteiger partial charge in [-0.25, -0.2) is 0 Å². The maximum atomic E-state index is 8.88. The molecule has 0 saturated heterocycles. The van der Waals surface area contributed by atoms with Crippen molar-refractivity contribution in [2.24, 2.45) is 0 Å². The molecular weight excluding hydrogens is 186 g/mol. The molecule has 0 radical (unpaired) electrons. The van der Waals surface area contributed by atoms with Gasteiger partial charge in [0.25, 0.3) is 0 Å². The second kappa shape index (κ2) is 4.12. The summed E-state index contributed by atoms with van der Waals surface area (Å²) < 4.78 is 5.07. The summed E-state index contributed by atoms with van der Waals surface area (Å²) in [5.41, 5.74) is 0.902. The molecule has 0 heterocycles. The minimum atomic E-state index is -0.477. The van der Waals surface area contributed by atoms with Crippen LogP contribution in [0.2, 0.25) is 0 Å². The van der Waals surface area contributed by atoms with Crippen molar-refractivity contribution < 1.29 is 4.74 Å². The highest BCUT2D eigenvalue weighted by Gasteiger charge is 2.08. The highest BCUT2D eigenvalue weighted by molar-refractivity contribution is 5.83. The third kappa shape index (κ3) is 1.83. The van der Waals surface area contributed by atoms with Crippen LogP contribution in [0.1, 0.15) is 11.7 Å². The molecule has 2 nitrogen and oxygen atoms in total. The van der Waals surface area contributed by atoms with E-state index in [-0.39, 0.29) is 0 Å². The van der Waals surface area contributed by atoms with E-state index in [9.17, 15) is 0 Å². The van der Waals surface area contributed by atoms with Crippen LogP contribution in [0, 0.1) is 11.3 Å². The van der Waals surface area contributed by atoms with E-state index in [4.69, 9.17) is 10.00 Å². The lowest BCUT2D eigenvalue weighted by Gasteiger charge is -2.07. The number of benzene rings is 2. The van der Waals surface area contributed by atoms with E-state index in [2.05, 4.69) is 6.07 Å². The Morgan fingerprint density at radius 2 is 1.87 bits per heavy atom. The fourth-order valence-electron chi connectivity index (χ4n) is 1.63. The zero-order chi connectivity index (χ0) is 10.7. The highest BCUT2D eigenvalue weighted by Crippen LogP contribution is 2.21. The number of rotatable bonds is 2. The molecule has 2 heteroatoms. The Kier molecular flexibility index (Phi) is 2.66. The molecule has 15 heavy (non-hydrogen) atoms. The van der Waals surface area contributed by atoms with Crippen LogP contribution in [-0.2, 0) is 4.74 Å². The standard InChI is InChI=1S/C13H11NO/c1-15-13(9-14)12-7-6-10-4-2-3-5-11(10)8-12/h2-8,13H,1H3. The van der Waals surface area contributed by atoms with Crippen molar-refractivity contribution in [3.63, 3.8) is 0 Å². The van der Waals surface area contributed by atoms with Gasteiger partial charge in [-0.05, 0) is 22.4 Å². The van der Waals surface area contributed by atoms with Gasteiger partial charge in [0.15, 0.2) is 6.10 Å². The van der Waals surface area contributed by atoms with Gasteiger partial charge in [0.2, 0.25) is 0 Å². The predicted octanol–water partition coefficient (Wildman–Crippen LogP) is 3.05. The maximum Gasteiger partial charge on any atom is 0.168 e. The number of fused-ring (bicyclic) bond motifs is 1. The first-order chi connectivity index (χ1) is 7.35. The van der Waals surface area contributed by atoms with Crippen LogP contribution >= 0.6 is 0 Å². The van der Waals surface area contributed by atoms with Crippen molar-refractivity contribution in [3.8, 4) is 6.07 Å². The third-order valence-corrected chi connectivity index (χ3v) is 2.43. The van der Waals surface area contributed by atoms with E-state index in [1.807, 2.05) is 42.5 Å². The van der Waals surface area contributed by atoms with Crippen molar-refractivity contribution in [1.29, 1.82) is 5.26 Å². The van der Waals surface area contributed by atoms with Crippen LogP contribution in [0.15, 0.2) is 42.5 Å². The normalized spacial score (nSPS) is 12.3. The Morgan fingerprint density at radius 1 is 1.13 bits per heavy atom. The predicted molar refractivity (Wildman–Crippen MR) is 59.3 cm³/mol. The average Bonchev–Trinajstić information content (AvgIpc) is 2.30. The Balaban J connectivity index is 2.52. The molecule has 0 aromatic heterocycles. The number of nitrogens with zero attached hydrogens (tertiary/aromatic N) is 1. The quantitative estimate of drug-likeness (QED) is 0.741. The molecule has 0 aliphatic rings. The van der Waals surface area contributed by atoms with Crippen molar-refractivity contribution in [1.82, 2.24) is 0 Å². The molecule has 0 bridgehead atoms. The summed E-state index contributed by atoms with van der Waals surface area (Å²) in [5.74, 6) is 0. The molecule has 0 fully saturated rings. The van der Waals surface area contributed by atoms with Crippen LogP contribution < -0.4 is 0 Å². The first kappa shape index (κ1) is 9.70. The van der Waals surface area contributed by atoms with Gasteiger partial charge in [0.1, 0.15) is 0 Å². The van der Waals surface area contributed by atoms with Crippen molar-refractivity contribution in [2.45, 2.75) is 6.10 Å². The average molecular weight is 197 g/mol. The second-order valence-electron chi connectivity index (χ2n) is 3.35. The van der Waals surface area contributed by atoms with E-state index >= 15 is 0 Å². The van der Waals surface area contributed by atoms with E-state index < -0.39 is 6.10 Å². The third-order valence-electron chi connectivity index (χ3n) is 2.43. The molecule has 1 atom stereocenters. The second-order valence-corrected chi connectivity index (χ2v) is 3.35. The summed E-state index contributed by atoms with van der Waals surface area (Å²) in [6.07, 6.45) is -0.477. The lowest BCUT2D eigenvalue weighted by molar-refractivity contribution is 0.149. The largest absolute Gasteiger partial charge is 0.362 e. The van der Waals surface area contributed by atoms with Crippen molar-refractivity contribution in [2.75, 3.05) is 7.11 Å². The molecule has 0 N–H and O–H groups in total. The monoisotopic (exact) mass is 197 g/mol. The van der Waals surface area contributed by atoms with Crippen LogP contribution in [0.25, 0.3) is 10.8 Å². The first-order valence-corrected chi connectivity index (χ1v) is 4.76. The fourth-order valence-corrected chi connectivity index (χ4v) is 1.63. The number of methoxy groups -OCH3 is 1. The van der Waals surface area contributed by atoms with Gasteiger partial charge in [-0.3, -0.25) is 0 Å². The Labute approximate surface area is 88.7 Å². The fraction of sp³-hybridized carbons (Fsp3) is 0.154. The highest BCUT2D eigenvalue weighted by atomic mass is 16.5. The van der Waals surface area contributed by atoms with E-state index in [1.165, 1.54) is 5.39 Å². The molecule has 0 saturated carbocycles. The zero-order valence-corrected chi connectivity index (χ0v) is 8.47. The molecule has 0 amide bonds.